The highest BCUT2D eigenvalue weighted by molar-refractivity contribution is 9.10. The second-order valence-corrected chi connectivity index (χ2v) is 5.74. The van der Waals surface area contributed by atoms with E-state index < -0.39 is 6.04 Å². The molecule has 1 unspecified atom stereocenters. The molecule has 1 heterocycles. The van der Waals surface area contributed by atoms with Crippen molar-refractivity contribution in [2.45, 2.75) is 6.04 Å². The van der Waals surface area contributed by atoms with Gasteiger partial charge in [-0.3, -0.25) is 0 Å². The van der Waals surface area contributed by atoms with Gasteiger partial charge in [-0.2, -0.15) is 0 Å². The normalized spacial score (nSPS) is 12.8. The fraction of sp³-hybridized carbons (Fsp3) is 0.0667. The van der Waals surface area contributed by atoms with Crippen molar-refractivity contribution in [3.8, 4) is 0 Å². The Labute approximate surface area is 128 Å². The van der Waals surface area contributed by atoms with Gasteiger partial charge < -0.3 is 10.2 Å². The number of rotatable bonds is 2. The van der Waals surface area contributed by atoms with E-state index in [0.717, 1.165) is 10.0 Å². The lowest BCUT2D eigenvalue weighted by molar-refractivity contribution is 0.524. The highest BCUT2D eigenvalue weighted by atomic mass is 79.9. The SMILES string of the molecule is NC(c1ccc(Cl)c(Br)c1)c1cc2cc(F)ccc2o1. The van der Waals surface area contributed by atoms with Gasteiger partial charge in [-0.15, -0.1) is 0 Å². The van der Waals surface area contributed by atoms with E-state index in [4.69, 9.17) is 21.8 Å². The molecule has 0 bridgehead atoms. The minimum absolute atomic E-state index is 0.298. The van der Waals surface area contributed by atoms with Gasteiger partial charge in [0.1, 0.15) is 17.2 Å². The number of furan rings is 1. The van der Waals surface area contributed by atoms with Crippen LogP contribution in [0.3, 0.4) is 0 Å². The van der Waals surface area contributed by atoms with Crippen LogP contribution in [0.15, 0.2) is 51.4 Å². The highest BCUT2D eigenvalue weighted by Crippen LogP contribution is 2.30. The monoisotopic (exact) mass is 353 g/mol. The minimum Gasteiger partial charge on any atom is -0.459 e. The number of nitrogens with two attached hydrogens (primary N) is 1. The summed E-state index contributed by atoms with van der Waals surface area (Å²) >= 11 is 9.32. The Morgan fingerprint density at radius 2 is 1.95 bits per heavy atom. The van der Waals surface area contributed by atoms with Crippen molar-refractivity contribution in [1.29, 1.82) is 0 Å². The Morgan fingerprint density at radius 3 is 2.70 bits per heavy atom. The summed E-state index contributed by atoms with van der Waals surface area (Å²) in [6.07, 6.45) is 0. The van der Waals surface area contributed by atoms with Gasteiger partial charge in [-0.25, -0.2) is 4.39 Å². The van der Waals surface area contributed by atoms with Crippen molar-refractivity contribution in [1.82, 2.24) is 0 Å². The summed E-state index contributed by atoms with van der Waals surface area (Å²) in [6.45, 7) is 0. The molecular weight excluding hydrogens is 345 g/mol. The number of benzene rings is 2. The largest absolute Gasteiger partial charge is 0.459 e. The average Bonchev–Trinajstić information content (AvgIpc) is 2.84. The quantitative estimate of drug-likeness (QED) is 0.700. The van der Waals surface area contributed by atoms with Crippen molar-refractivity contribution in [3.05, 3.63) is 69.1 Å². The van der Waals surface area contributed by atoms with Crippen LogP contribution in [-0.4, -0.2) is 0 Å². The summed E-state index contributed by atoms with van der Waals surface area (Å²) in [4.78, 5) is 0. The molecule has 102 valence electrons. The Balaban J connectivity index is 2.02. The number of hydrogen-bond acceptors (Lipinski definition) is 2. The van der Waals surface area contributed by atoms with Crippen LogP contribution in [0.1, 0.15) is 17.4 Å². The summed E-state index contributed by atoms with van der Waals surface area (Å²) in [7, 11) is 0. The molecule has 3 aromatic rings. The third kappa shape index (κ3) is 2.46. The Kier molecular flexibility index (Phi) is 3.54. The molecule has 0 aliphatic rings. The van der Waals surface area contributed by atoms with Gasteiger partial charge in [0.05, 0.1) is 11.1 Å². The fourth-order valence-electron chi connectivity index (χ4n) is 2.06. The summed E-state index contributed by atoms with van der Waals surface area (Å²) < 4.78 is 19.6. The number of hydrogen-bond donors (Lipinski definition) is 1. The molecule has 0 amide bonds. The van der Waals surface area contributed by atoms with Gasteiger partial charge in [-0.1, -0.05) is 17.7 Å². The van der Waals surface area contributed by atoms with Gasteiger partial charge in [0.15, 0.2) is 0 Å². The topological polar surface area (TPSA) is 39.2 Å². The maximum Gasteiger partial charge on any atom is 0.134 e. The van der Waals surface area contributed by atoms with Crippen LogP contribution in [0, 0.1) is 5.82 Å². The van der Waals surface area contributed by atoms with E-state index in [9.17, 15) is 4.39 Å². The van der Waals surface area contributed by atoms with Crippen LogP contribution in [0.2, 0.25) is 5.02 Å². The fourth-order valence-corrected chi connectivity index (χ4v) is 2.57. The van der Waals surface area contributed by atoms with Crippen molar-refractivity contribution in [2.75, 3.05) is 0 Å². The summed E-state index contributed by atoms with van der Waals surface area (Å²) in [5.41, 5.74) is 7.66. The predicted molar refractivity (Wildman–Crippen MR) is 81.4 cm³/mol. The summed E-state index contributed by atoms with van der Waals surface area (Å²) in [5.74, 6) is 0.285. The van der Waals surface area contributed by atoms with E-state index in [2.05, 4.69) is 15.9 Å². The second-order valence-electron chi connectivity index (χ2n) is 4.48. The molecule has 0 saturated carbocycles. The van der Waals surface area contributed by atoms with Gasteiger partial charge in [0.2, 0.25) is 0 Å². The first kappa shape index (κ1) is 13.6. The molecule has 2 aromatic carbocycles. The zero-order chi connectivity index (χ0) is 14.3. The molecule has 0 spiro atoms. The van der Waals surface area contributed by atoms with Crippen LogP contribution in [0.25, 0.3) is 11.0 Å². The second kappa shape index (κ2) is 5.20. The van der Waals surface area contributed by atoms with Crippen molar-refractivity contribution < 1.29 is 8.81 Å². The number of fused-ring (bicyclic) bond motifs is 1. The lowest BCUT2D eigenvalue weighted by Crippen LogP contribution is -2.10. The van der Waals surface area contributed by atoms with Crippen molar-refractivity contribution >= 4 is 38.5 Å². The summed E-state index contributed by atoms with van der Waals surface area (Å²) in [6, 6.07) is 11.2. The smallest absolute Gasteiger partial charge is 0.134 e. The predicted octanol–water partition coefficient (Wildman–Crippen LogP) is 5.04. The van der Waals surface area contributed by atoms with E-state index in [0.29, 0.717) is 21.8 Å². The zero-order valence-corrected chi connectivity index (χ0v) is 12.6. The lowest BCUT2D eigenvalue weighted by atomic mass is 10.1. The molecule has 3 rings (SSSR count). The zero-order valence-electron chi connectivity index (χ0n) is 10.2. The lowest BCUT2D eigenvalue weighted by Gasteiger charge is -2.10. The molecular formula is C15H10BrClFNO. The van der Waals surface area contributed by atoms with Gasteiger partial charge >= 0.3 is 0 Å². The van der Waals surface area contributed by atoms with E-state index in [1.165, 1.54) is 12.1 Å². The first-order chi connectivity index (χ1) is 9.54. The third-order valence-corrected chi connectivity index (χ3v) is 4.32. The van der Waals surface area contributed by atoms with Gasteiger partial charge in [0.25, 0.3) is 0 Å². The molecule has 0 radical (unpaired) electrons. The maximum atomic E-state index is 13.2. The molecule has 0 fully saturated rings. The van der Waals surface area contributed by atoms with Crippen LogP contribution in [-0.2, 0) is 0 Å². The molecule has 2 N–H and O–H groups in total. The Bertz CT molecular complexity index is 787. The van der Waals surface area contributed by atoms with Crippen LogP contribution in [0.4, 0.5) is 4.39 Å². The van der Waals surface area contributed by atoms with Crippen molar-refractivity contribution in [2.24, 2.45) is 5.73 Å². The van der Waals surface area contributed by atoms with E-state index in [-0.39, 0.29) is 5.82 Å². The molecule has 2 nitrogen and oxygen atoms in total. The van der Waals surface area contributed by atoms with Crippen molar-refractivity contribution in [3.63, 3.8) is 0 Å². The number of halogens is 3. The van der Waals surface area contributed by atoms with Crippen LogP contribution in [0.5, 0.6) is 0 Å². The first-order valence-electron chi connectivity index (χ1n) is 5.94. The molecule has 20 heavy (non-hydrogen) atoms. The molecule has 0 saturated heterocycles. The van der Waals surface area contributed by atoms with Gasteiger partial charge in [0, 0.05) is 9.86 Å². The Morgan fingerprint density at radius 1 is 1.15 bits per heavy atom. The van der Waals surface area contributed by atoms with E-state index in [1.807, 2.05) is 12.1 Å². The third-order valence-electron chi connectivity index (χ3n) is 3.11. The first-order valence-corrected chi connectivity index (χ1v) is 7.11. The standard InChI is InChI=1S/C15H10BrClFNO/c16-11-6-8(1-3-12(11)17)15(19)14-7-9-5-10(18)2-4-13(9)20-14/h1-7,15H,19H2. The summed E-state index contributed by atoms with van der Waals surface area (Å²) in [5, 5.41) is 1.32. The average molecular weight is 355 g/mol. The maximum absolute atomic E-state index is 13.2. The van der Waals surface area contributed by atoms with E-state index in [1.54, 1.807) is 18.2 Å². The van der Waals surface area contributed by atoms with E-state index >= 15 is 0 Å². The molecule has 0 aliphatic carbocycles. The molecule has 1 atom stereocenters. The minimum atomic E-state index is -0.431. The van der Waals surface area contributed by atoms with Gasteiger partial charge in [-0.05, 0) is 57.9 Å². The molecule has 0 aliphatic heterocycles. The van der Waals surface area contributed by atoms with Crippen LogP contribution < -0.4 is 5.73 Å². The molecule has 5 heteroatoms. The van der Waals surface area contributed by atoms with Crippen LogP contribution >= 0.6 is 27.5 Å². The molecule has 1 aromatic heterocycles. The Hall–Kier alpha value is -1.36. The highest BCUT2D eigenvalue weighted by Gasteiger charge is 2.15.